The number of hydrogen-bond acceptors (Lipinski definition) is 5. The predicted octanol–water partition coefficient (Wildman–Crippen LogP) is 5.74. The molecule has 0 unspecified atom stereocenters. The molecular weight excluding hydrogens is 445 g/mol. The minimum atomic E-state index is -2.65. The van der Waals surface area contributed by atoms with Crippen LogP contribution in [0.4, 0.5) is 19.0 Å². The Bertz CT molecular complexity index is 1270. The van der Waals surface area contributed by atoms with Crippen molar-refractivity contribution in [1.82, 2.24) is 14.8 Å². The van der Waals surface area contributed by atoms with E-state index in [-0.39, 0.29) is 43.9 Å². The van der Waals surface area contributed by atoms with Crippen molar-refractivity contribution in [1.29, 1.82) is 0 Å². The molecule has 1 aliphatic carbocycles. The number of pyridine rings is 1. The number of Topliss-reactive ketones (excluding diaryl/α,β-unsaturated/α-hetero) is 1. The van der Waals surface area contributed by atoms with E-state index in [1.807, 2.05) is 0 Å². The molecule has 1 aliphatic heterocycles. The minimum Gasteiger partial charge on any atom is -0.495 e. The second-order valence-corrected chi connectivity index (χ2v) is 8.78. The van der Waals surface area contributed by atoms with Gasteiger partial charge in [0.15, 0.2) is 11.6 Å². The number of halogens is 3. The van der Waals surface area contributed by atoms with Crippen LogP contribution in [0, 0.1) is 5.82 Å². The molecule has 0 saturated heterocycles. The van der Waals surface area contributed by atoms with Crippen molar-refractivity contribution >= 4 is 17.3 Å². The highest BCUT2D eigenvalue weighted by Crippen LogP contribution is 2.41. The van der Waals surface area contributed by atoms with E-state index in [0.717, 1.165) is 5.56 Å². The van der Waals surface area contributed by atoms with Crippen LogP contribution in [0.15, 0.2) is 47.8 Å². The average molecular weight is 468 g/mol. The Labute approximate surface area is 194 Å². The molecule has 0 atom stereocenters. The number of alkyl halides is 2. The highest BCUT2D eigenvalue weighted by atomic mass is 19.3. The summed E-state index contributed by atoms with van der Waals surface area (Å²) in [6, 6.07) is 6.02. The summed E-state index contributed by atoms with van der Waals surface area (Å²) in [6.07, 6.45) is 5.28. The van der Waals surface area contributed by atoms with Gasteiger partial charge in [0.1, 0.15) is 11.6 Å². The van der Waals surface area contributed by atoms with Gasteiger partial charge in [0.25, 0.3) is 0 Å². The SMILES string of the molecule is COc1cncc(-c2cc(F)ccc2CC2=Nc3c(cnn3C3CCC(F)(F)CC3)C(=O)C2)c1. The highest BCUT2D eigenvalue weighted by molar-refractivity contribution is 6.15. The lowest BCUT2D eigenvalue weighted by atomic mass is 9.92. The van der Waals surface area contributed by atoms with Gasteiger partial charge >= 0.3 is 0 Å². The van der Waals surface area contributed by atoms with Gasteiger partial charge in [-0.25, -0.2) is 22.8 Å². The molecule has 0 amide bonds. The number of hydrogen-bond donors (Lipinski definition) is 0. The maximum absolute atomic E-state index is 14.1. The molecule has 0 N–H and O–H groups in total. The summed E-state index contributed by atoms with van der Waals surface area (Å²) < 4.78 is 48.2. The van der Waals surface area contributed by atoms with Gasteiger partial charge in [0.2, 0.25) is 5.92 Å². The Kier molecular flexibility index (Phi) is 5.71. The number of ketones is 1. The van der Waals surface area contributed by atoms with Crippen LogP contribution in [-0.4, -0.2) is 39.3 Å². The fourth-order valence-electron chi connectivity index (χ4n) is 4.64. The summed E-state index contributed by atoms with van der Waals surface area (Å²) in [5.74, 6) is -2.18. The van der Waals surface area contributed by atoms with Crippen LogP contribution in [0.1, 0.15) is 54.1 Å². The first-order chi connectivity index (χ1) is 16.3. The van der Waals surface area contributed by atoms with Crippen molar-refractivity contribution in [3.8, 4) is 16.9 Å². The number of carbonyl (C=O) groups excluding carboxylic acids is 1. The first-order valence-corrected chi connectivity index (χ1v) is 11.2. The third kappa shape index (κ3) is 4.34. The largest absolute Gasteiger partial charge is 0.495 e. The molecule has 1 aromatic carbocycles. The lowest BCUT2D eigenvalue weighted by molar-refractivity contribution is -0.0448. The molecule has 1 saturated carbocycles. The second-order valence-electron chi connectivity index (χ2n) is 8.78. The van der Waals surface area contributed by atoms with E-state index in [1.54, 1.807) is 29.2 Å². The number of benzene rings is 1. The lowest BCUT2D eigenvalue weighted by Gasteiger charge is -2.29. The fourth-order valence-corrected chi connectivity index (χ4v) is 4.64. The number of ether oxygens (including phenoxy) is 1. The Morgan fingerprint density at radius 1 is 1.12 bits per heavy atom. The number of aliphatic imine (C=N–C) groups is 1. The molecule has 2 aromatic heterocycles. The zero-order chi connectivity index (χ0) is 23.9. The molecule has 0 radical (unpaired) electrons. The Morgan fingerprint density at radius 2 is 1.91 bits per heavy atom. The molecule has 3 aromatic rings. The standard InChI is InChI=1S/C25H23F3N4O2/c1-34-20-9-16(12-29-13-20)21-10-17(26)3-2-15(21)8-18-11-23(33)22-14-30-32(24(22)31-18)19-4-6-25(27,28)7-5-19/h2-3,9-10,12-14,19H,4-8,11H2,1H3. The molecule has 2 aliphatic rings. The Morgan fingerprint density at radius 3 is 2.68 bits per heavy atom. The van der Waals surface area contributed by atoms with E-state index in [1.165, 1.54) is 25.4 Å². The fraction of sp³-hybridized carbons (Fsp3) is 0.360. The first kappa shape index (κ1) is 22.3. The molecular formula is C25H23F3N4O2. The van der Waals surface area contributed by atoms with Gasteiger partial charge in [-0.05, 0) is 42.2 Å². The van der Waals surface area contributed by atoms with Crippen LogP contribution in [-0.2, 0) is 6.42 Å². The number of methoxy groups -OCH3 is 1. The van der Waals surface area contributed by atoms with E-state index in [0.29, 0.717) is 40.4 Å². The molecule has 34 heavy (non-hydrogen) atoms. The Balaban J connectivity index is 1.47. The zero-order valence-corrected chi connectivity index (χ0v) is 18.6. The van der Waals surface area contributed by atoms with Gasteiger partial charge in [0, 0.05) is 36.7 Å². The summed E-state index contributed by atoms with van der Waals surface area (Å²) in [5.41, 5.74) is 3.14. The van der Waals surface area contributed by atoms with Crippen LogP contribution < -0.4 is 4.74 Å². The van der Waals surface area contributed by atoms with Crippen molar-refractivity contribution in [2.24, 2.45) is 4.99 Å². The van der Waals surface area contributed by atoms with Crippen molar-refractivity contribution < 1.29 is 22.7 Å². The summed E-state index contributed by atoms with van der Waals surface area (Å²) in [5, 5.41) is 4.33. The Hall–Kier alpha value is -3.49. The van der Waals surface area contributed by atoms with E-state index < -0.39 is 11.7 Å². The van der Waals surface area contributed by atoms with Gasteiger partial charge in [-0.1, -0.05) is 6.07 Å². The van der Waals surface area contributed by atoms with Crippen molar-refractivity contribution in [2.45, 2.75) is 50.5 Å². The van der Waals surface area contributed by atoms with E-state index in [9.17, 15) is 18.0 Å². The molecule has 3 heterocycles. The molecule has 0 bridgehead atoms. The maximum atomic E-state index is 14.1. The van der Waals surface area contributed by atoms with E-state index >= 15 is 0 Å². The molecule has 1 fully saturated rings. The molecule has 6 nitrogen and oxygen atoms in total. The van der Waals surface area contributed by atoms with Gasteiger partial charge in [-0.2, -0.15) is 5.10 Å². The monoisotopic (exact) mass is 468 g/mol. The lowest BCUT2D eigenvalue weighted by Crippen LogP contribution is -2.27. The molecule has 0 spiro atoms. The van der Waals surface area contributed by atoms with E-state index in [2.05, 4.69) is 10.1 Å². The second kappa shape index (κ2) is 8.70. The highest BCUT2D eigenvalue weighted by Gasteiger charge is 2.37. The number of carbonyl (C=O) groups is 1. The molecule has 176 valence electrons. The van der Waals surface area contributed by atoms with Gasteiger partial charge < -0.3 is 4.74 Å². The third-order valence-electron chi connectivity index (χ3n) is 6.46. The van der Waals surface area contributed by atoms with Crippen molar-refractivity contribution in [2.75, 3.05) is 7.11 Å². The number of aromatic nitrogens is 3. The quantitative estimate of drug-likeness (QED) is 0.479. The maximum Gasteiger partial charge on any atom is 0.248 e. The first-order valence-electron chi connectivity index (χ1n) is 11.2. The van der Waals surface area contributed by atoms with Crippen molar-refractivity contribution in [3.63, 3.8) is 0 Å². The summed E-state index contributed by atoms with van der Waals surface area (Å²) in [4.78, 5) is 21.7. The van der Waals surface area contributed by atoms with Crippen LogP contribution in [0.2, 0.25) is 0 Å². The third-order valence-corrected chi connectivity index (χ3v) is 6.46. The zero-order valence-electron chi connectivity index (χ0n) is 18.6. The number of nitrogens with zero attached hydrogens (tertiary/aromatic N) is 4. The number of fused-ring (bicyclic) bond motifs is 1. The molecule has 5 rings (SSSR count). The predicted molar refractivity (Wildman–Crippen MR) is 121 cm³/mol. The molecule has 9 heteroatoms. The van der Waals surface area contributed by atoms with E-state index in [4.69, 9.17) is 9.73 Å². The summed E-state index contributed by atoms with van der Waals surface area (Å²) in [7, 11) is 1.53. The summed E-state index contributed by atoms with van der Waals surface area (Å²) in [6.45, 7) is 0. The minimum absolute atomic E-state index is 0.112. The smallest absolute Gasteiger partial charge is 0.248 e. The van der Waals surface area contributed by atoms with Gasteiger partial charge in [0.05, 0.1) is 37.5 Å². The number of rotatable bonds is 5. The van der Waals surface area contributed by atoms with Crippen LogP contribution in [0.25, 0.3) is 11.1 Å². The van der Waals surface area contributed by atoms with Crippen molar-refractivity contribution in [3.05, 3.63) is 59.8 Å². The average Bonchev–Trinajstić information content (AvgIpc) is 3.25. The summed E-state index contributed by atoms with van der Waals surface area (Å²) >= 11 is 0. The van der Waals surface area contributed by atoms with Crippen LogP contribution >= 0.6 is 0 Å². The normalized spacial score (nSPS) is 17.9. The van der Waals surface area contributed by atoms with Gasteiger partial charge in [-0.15, -0.1) is 0 Å². The van der Waals surface area contributed by atoms with Crippen LogP contribution in [0.5, 0.6) is 5.75 Å². The van der Waals surface area contributed by atoms with Crippen LogP contribution in [0.3, 0.4) is 0 Å². The topological polar surface area (TPSA) is 69.4 Å². The van der Waals surface area contributed by atoms with Gasteiger partial charge in [-0.3, -0.25) is 9.78 Å².